The molecule has 0 aliphatic heterocycles. The van der Waals surface area contributed by atoms with Crippen molar-refractivity contribution in [1.82, 2.24) is 10.1 Å². The van der Waals surface area contributed by atoms with Crippen molar-refractivity contribution in [2.75, 3.05) is 0 Å². The third-order valence-electron chi connectivity index (χ3n) is 2.63. The maximum atomic E-state index is 5.93. The number of benzene rings is 1. The molecule has 1 heterocycles. The predicted octanol–water partition coefficient (Wildman–Crippen LogP) is 2.84. The second-order valence-electron chi connectivity index (χ2n) is 4.22. The molecule has 0 saturated carbocycles. The van der Waals surface area contributed by atoms with E-state index < -0.39 is 0 Å². The molecule has 1 aromatic heterocycles. The summed E-state index contributed by atoms with van der Waals surface area (Å²) in [6.45, 7) is 4.12. The quantitative estimate of drug-likeness (QED) is 0.878. The third kappa shape index (κ3) is 2.71. The van der Waals surface area contributed by atoms with Gasteiger partial charge in [-0.2, -0.15) is 4.98 Å². The highest BCUT2D eigenvalue weighted by Crippen LogP contribution is 2.20. The number of hydrogen-bond acceptors (Lipinski definition) is 4. The molecule has 0 spiro atoms. The maximum Gasteiger partial charge on any atom is 0.243 e. The van der Waals surface area contributed by atoms with E-state index in [4.69, 9.17) is 10.3 Å². The van der Waals surface area contributed by atoms with E-state index in [1.54, 1.807) is 0 Å². The fourth-order valence-corrected chi connectivity index (χ4v) is 1.72. The van der Waals surface area contributed by atoms with Crippen LogP contribution in [-0.2, 0) is 0 Å². The molecule has 0 bridgehead atoms. The van der Waals surface area contributed by atoms with Crippen LogP contribution in [0.2, 0.25) is 0 Å². The average Bonchev–Trinajstić information content (AvgIpc) is 2.78. The molecule has 2 rings (SSSR count). The molecule has 0 fully saturated rings. The molecule has 0 unspecified atom stereocenters. The zero-order valence-electron chi connectivity index (χ0n) is 10.2. The largest absolute Gasteiger partial charge is 0.337 e. The van der Waals surface area contributed by atoms with Gasteiger partial charge in [0.1, 0.15) is 0 Å². The van der Waals surface area contributed by atoms with Gasteiger partial charge in [-0.1, -0.05) is 42.3 Å². The fraction of sp³-hybridized carbons (Fsp3) is 0.385. The van der Waals surface area contributed by atoms with Gasteiger partial charge in [-0.25, -0.2) is 0 Å². The molecule has 0 amide bonds. The van der Waals surface area contributed by atoms with Crippen LogP contribution in [0.25, 0.3) is 11.4 Å². The predicted molar refractivity (Wildman–Crippen MR) is 66.3 cm³/mol. The monoisotopic (exact) mass is 231 g/mol. The first-order valence-electron chi connectivity index (χ1n) is 5.87. The lowest BCUT2D eigenvalue weighted by Gasteiger charge is -2.02. The minimum absolute atomic E-state index is 0.161. The number of nitrogens with two attached hydrogens (primary N) is 1. The Morgan fingerprint density at radius 3 is 2.94 bits per heavy atom. The molecule has 17 heavy (non-hydrogen) atoms. The van der Waals surface area contributed by atoms with Gasteiger partial charge in [0.15, 0.2) is 0 Å². The van der Waals surface area contributed by atoms with Crippen molar-refractivity contribution in [3.8, 4) is 11.4 Å². The van der Waals surface area contributed by atoms with Crippen LogP contribution in [0.5, 0.6) is 0 Å². The summed E-state index contributed by atoms with van der Waals surface area (Å²) < 4.78 is 5.19. The van der Waals surface area contributed by atoms with Gasteiger partial charge in [-0.3, -0.25) is 0 Å². The van der Waals surface area contributed by atoms with Crippen LogP contribution >= 0.6 is 0 Å². The van der Waals surface area contributed by atoms with Crippen molar-refractivity contribution < 1.29 is 4.52 Å². The van der Waals surface area contributed by atoms with E-state index >= 15 is 0 Å². The van der Waals surface area contributed by atoms with E-state index in [-0.39, 0.29) is 6.04 Å². The summed E-state index contributed by atoms with van der Waals surface area (Å²) in [5.41, 5.74) is 8.07. The van der Waals surface area contributed by atoms with Gasteiger partial charge >= 0.3 is 0 Å². The van der Waals surface area contributed by atoms with E-state index in [0.717, 1.165) is 18.4 Å². The van der Waals surface area contributed by atoms with Crippen LogP contribution in [0, 0.1) is 6.92 Å². The molecule has 4 nitrogen and oxygen atoms in total. The van der Waals surface area contributed by atoms with Crippen molar-refractivity contribution in [2.24, 2.45) is 5.73 Å². The van der Waals surface area contributed by atoms with Crippen molar-refractivity contribution in [1.29, 1.82) is 0 Å². The Kier molecular flexibility index (Phi) is 3.54. The molecule has 2 aromatic rings. The standard InChI is InChI=1S/C13H17N3O/c1-3-5-11(14)13-15-12(16-17-13)10-7-4-6-9(2)8-10/h4,6-8,11H,3,5,14H2,1-2H3/t11-/m1/s1. The summed E-state index contributed by atoms with van der Waals surface area (Å²) in [4.78, 5) is 4.34. The van der Waals surface area contributed by atoms with Crippen molar-refractivity contribution in [3.05, 3.63) is 35.7 Å². The Balaban J connectivity index is 2.23. The number of aryl methyl sites for hydroxylation is 1. The minimum Gasteiger partial charge on any atom is -0.337 e. The Morgan fingerprint density at radius 2 is 2.24 bits per heavy atom. The lowest BCUT2D eigenvalue weighted by atomic mass is 10.1. The van der Waals surface area contributed by atoms with Gasteiger partial charge in [0.2, 0.25) is 11.7 Å². The van der Waals surface area contributed by atoms with Gasteiger partial charge in [-0.15, -0.1) is 0 Å². The second kappa shape index (κ2) is 5.10. The van der Waals surface area contributed by atoms with Gasteiger partial charge in [-0.05, 0) is 19.4 Å². The van der Waals surface area contributed by atoms with Gasteiger partial charge in [0.25, 0.3) is 0 Å². The van der Waals surface area contributed by atoms with E-state index in [0.29, 0.717) is 11.7 Å². The molecule has 1 aromatic carbocycles. The number of rotatable bonds is 4. The summed E-state index contributed by atoms with van der Waals surface area (Å²) in [7, 11) is 0. The van der Waals surface area contributed by atoms with Crippen molar-refractivity contribution >= 4 is 0 Å². The van der Waals surface area contributed by atoms with Gasteiger partial charge in [0.05, 0.1) is 6.04 Å². The highest BCUT2D eigenvalue weighted by molar-refractivity contribution is 5.55. The Bertz CT molecular complexity index is 493. The van der Waals surface area contributed by atoms with E-state index in [2.05, 4.69) is 17.1 Å². The van der Waals surface area contributed by atoms with Crippen molar-refractivity contribution in [2.45, 2.75) is 32.7 Å². The van der Waals surface area contributed by atoms with Gasteiger partial charge < -0.3 is 10.3 Å². The summed E-state index contributed by atoms with van der Waals surface area (Å²) in [6.07, 6.45) is 1.86. The molecule has 0 aliphatic carbocycles. The molecule has 0 saturated heterocycles. The topological polar surface area (TPSA) is 64.9 Å². The highest BCUT2D eigenvalue weighted by atomic mass is 16.5. The van der Waals surface area contributed by atoms with E-state index in [1.165, 1.54) is 5.56 Å². The molecule has 0 aliphatic rings. The zero-order valence-corrected chi connectivity index (χ0v) is 10.2. The molecular formula is C13H17N3O. The smallest absolute Gasteiger partial charge is 0.243 e. The minimum atomic E-state index is -0.161. The van der Waals surface area contributed by atoms with Crippen LogP contribution in [-0.4, -0.2) is 10.1 Å². The SMILES string of the molecule is CCC[C@@H](N)c1nc(-c2cccc(C)c2)no1. The average molecular weight is 231 g/mol. The van der Waals surface area contributed by atoms with Gasteiger partial charge in [0, 0.05) is 5.56 Å². The Labute approximate surface area is 101 Å². The second-order valence-corrected chi connectivity index (χ2v) is 4.22. The first kappa shape index (κ1) is 11.8. The first-order valence-corrected chi connectivity index (χ1v) is 5.87. The molecule has 2 N–H and O–H groups in total. The molecular weight excluding hydrogens is 214 g/mol. The summed E-state index contributed by atoms with van der Waals surface area (Å²) in [6, 6.07) is 7.85. The van der Waals surface area contributed by atoms with E-state index in [9.17, 15) is 0 Å². The fourth-order valence-electron chi connectivity index (χ4n) is 1.72. The highest BCUT2D eigenvalue weighted by Gasteiger charge is 2.14. The lowest BCUT2D eigenvalue weighted by molar-refractivity contribution is 0.348. The van der Waals surface area contributed by atoms with E-state index in [1.807, 2.05) is 31.2 Å². The number of nitrogens with zero attached hydrogens (tertiary/aromatic N) is 2. The molecule has 0 radical (unpaired) electrons. The Hall–Kier alpha value is -1.68. The van der Waals surface area contributed by atoms with Crippen LogP contribution in [0.15, 0.2) is 28.8 Å². The molecule has 4 heteroatoms. The first-order chi connectivity index (χ1) is 8.20. The van der Waals surface area contributed by atoms with Crippen LogP contribution in [0.3, 0.4) is 0 Å². The Morgan fingerprint density at radius 1 is 1.41 bits per heavy atom. The lowest BCUT2D eigenvalue weighted by Crippen LogP contribution is -2.09. The van der Waals surface area contributed by atoms with Crippen molar-refractivity contribution in [3.63, 3.8) is 0 Å². The summed E-state index contributed by atoms with van der Waals surface area (Å²) in [5, 5.41) is 3.96. The van der Waals surface area contributed by atoms with Crippen LogP contribution in [0.4, 0.5) is 0 Å². The maximum absolute atomic E-state index is 5.93. The number of hydrogen-bond donors (Lipinski definition) is 1. The summed E-state index contributed by atoms with van der Waals surface area (Å²) in [5.74, 6) is 1.12. The van der Waals surface area contributed by atoms with Crippen LogP contribution < -0.4 is 5.73 Å². The third-order valence-corrected chi connectivity index (χ3v) is 2.63. The summed E-state index contributed by atoms with van der Waals surface area (Å²) >= 11 is 0. The molecule has 90 valence electrons. The number of aromatic nitrogens is 2. The molecule has 1 atom stereocenters. The zero-order chi connectivity index (χ0) is 12.3. The van der Waals surface area contributed by atoms with Crippen LogP contribution in [0.1, 0.15) is 37.3 Å². The normalized spacial score (nSPS) is 12.6.